The van der Waals surface area contributed by atoms with Crippen LogP contribution in [0.2, 0.25) is 0 Å². The summed E-state index contributed by atoms with van der Waals surface area (Å²) < 4.78 is 26.5. The maximum atomic E-state index is 13.2. The summed E-state index contributed by atoms with van der Waals surface area (Å²) in [4.78, 5) is 6.22. The molecule has 20 heavy (non-hydrogen) atoms. The average molecular weight is 274 g/mol. The summed E-state index contributed by atoms with van der Waals surface area (Å²) in [6.07, 6.45) is 1.61. The third kappa shape index (κ3) is 2.85. The number of aryl methyl sites for hydroxylation is 1. The first-order valence-corrected chi connectivity index (χ1v) is 6.21. The smallest absolute Gasteiger partial charge is 0.135 e. The highest BCUT2D eigenvalue weighted by Gasteiger charge is 2.10. The van der Waals surface area contributed by atoms with Crippen molar-refractivity contribution in [2.75, 3.05) is 11.9 Å². The van der Waals surface area contributed by atoms with Gasteiger partial charge in [-0.05, 0) is 43.2 Å². The molecule has 104 valence electrons. The van der Waals surface area contributed by atoms with Gasteiger partial charge in [0.15, 0.2) is 0 Å². The molecule has 1 aromatic heterocycles. The van der Waals surface area contributed by atoms with Crippen LogP contribution >= 0.6 is 0 Å². The lowest BCUT2D eigenvalue weighted by atomic mass is 10.1. The van der Waals surface area contributed by atoms with Crippen molar-refractivity contribution < 1.29 is 8.78 Å². The predicted octanol–water partition coefficient (Wildman–Crippen LogP) is 4.31. The van der Waals surface area contributed by atoms with Gasteiger partial charge in [0, 0.05) is 30.6 Å². The van der Waals surface area contributed by atoms with E-state index in [1.807, 2.05) is 31.9 Å². The van der Waals surface area contributed by atoms with Crippen molar-refractivity contribution in [2.24, 2.45) is 0 Å². The van der Waals surface area contributed by atoms with Crippen LogP contribution in [0.25, 0.3) is 11.1 Å². The van der Waals surface area contributed by atoms with Crippen molar-refractivity contribution in [1.29, 1.82) is 0 Å². The first kappa shape index (κ1) is 14.2. The highest BCUT2D eigenvalue weighted by Crippen LogP contribution is 2.26. The maximum absolute atomic E-state index is 13.2. The van der Waals surface area contributed by atoms with Gasteiger partial charge in [-0.25, -0.2) is 13.8 Å². The maximum Gasteiger partial charge on any atom is 0.135 e. The largest absolute Gasteiger partial charge is 0.334 e. The molecule has 0 spiro atoms. The highest BCUT2D eigenvalue weighted by molar-refractivity contribution is 5.66. The Morgan fingerprint density at radius 1 is 1.10 bits per heavy atom. The van der Waals surface area contributed by atoms with E-state index in [-0.39, 0.29) is 0 Å². The lowest BCUT2D eigenvalue weighted by Gasteiger charge is -2.20. The molecule has 0 atom stereocenters. The Kier molecular flexibility index (Phi) is 3.84. The molecule has 0 amide bonds. The Labute approximate surface area is 117 Å². The summed E-state index contributed by atoms with van der Waals surface area (Å²) in [5, 5.41) is 0. The molecule has 0 unspecified atom stereocenters. The minimum atomic E-state index is -0.596. The molecule has 0 aliphatic heterocycles. The molecule has 4 heteroatoms. The minimum Gasteiger partial charge on any atom is -0.334 e. The first-order valence-electron chi connectivity index (χ1n) is 6.21. The van der Waals surface area contributed by atoms with Crippen molar-refractivity contribution in [1.82, 2.24) is 4.98 Å². The Balaban J connectivity index is 2.45. The second-order valence-electron chi connectivity index (χ2n) is 4.82. The van der Waals surface area contributed by atoms with E-state index >= 15 is 0 Å². The molecule has 0 saturated carbocycles. The van der Waals surface area contributed by atoms with E-state index < -0.39 is 11.6 Å². The summed E-state index contributed by atoms with van der Waals surface area (Å²) in [6.45, 7) is 7.65. The zero-order chi connectivity index (χ0) is 14.9. The number of aromatic nitrogens is 1. The molecular formula is C16H16F2N2. The molecule has 0 radical (unpaired) electrons. The van der Waals surface area contributed by atoms with Crippen molar-refractivity contribution in [3.05, 3.63) is 59.9 Å². The third-order valence-corrected chi connectivity index (χ3v) is 3.14. The van der Waals surface area contributed by atoms with Gasteiger partial charge >= 0.3 is 0 Å². The van der Waals surface area contributed by atoms with Crippen LogP contribution in [0.1, 0.15) is 12.5 Å². The van der Waals surface area contributed by atoms with Gasteiger partial charge in [0.05, 0.1) is 0 Å². The van der Waals surface area contributed by atoms with Gasteiger partial charge in [0.2, 0.25) is 0 Å². The molecule has 0 aliphatic rings. The zero-order valence-corrected chi connectivity index (χ0v) is 11.7. The van der Waals surface area contributed by atoms with Crippen LogP contribution in [0.4, 0.5) is 14.6 Å². The molecule has 2 nitrogen and oxygen atoms in total. The number of allylic oxidation sites excluding steroid dienone is 1. The van der Waals surface area contributed by atoms with Gasteiger partial charge in [0.1, 0.15) is 17.5 Å². The van der Waals surface area contributed by atoms with E-state index in [1.165, 1.54) is 12.1 Å². The summed E-state index contributed by atoms with van der Waals surface area (Å²) in [5.41, 5.74) is 2.94. The number of hydrogen-bond acceptors (Lipinski definition) is 2. The van der Waals surface area contributed by atoms with Crippen LogP contribution in [0.3, 0.4) is 0 Å². The number of rotatable bonds is 3. The SMILES string of the molecule is C=C(C)N(C)c1ncc(-c2cc(F)cc(F)c2)cc1C. The van der Waals surface area contributed by atoms with Gasteiger partial charge in [-0.3, -0.25) is 0 Å². The monoisotopic (exact) mass is 274 g/mol. The minimum absolute atomic E-state index is 0.475. The van der Waals surface area contributed by atoms with Crippen molar-refractivity contribution in [3.63, 3.8) is 0 Å². The molecule has 0 bridgehead atoms. The van der Waals surface area contributed by atoms with Gasteiger partial charge < -0.3 is 4.90 Å². The first-order chi connectivity index (χ1) is 9.38. The van der Waals surface area contributed by atoms with Crippen LogP contribution in [-0.4, -0.2) is 12.0 Å². The Hall–Kier alpha value is -2.23. The van der Waals surface area contributed by atoms with Crippen molar-refractivity contribution in [3.8, 4) is 11.1 Å². The predicted molar refractivity (Wildman–Crippen MR) is 77.5 cm³/mol. The van der Waals surface area contributed by atoms with E-state index in [4.69, 9.17) is 0 Å². The van der Waals surface area contributed by atoms with Gasteiger partial charge in [0.25, 0.3) is 0 Å². The van der Waals surface area contributed by atoms with Gasteiger partial charge in [-0.15, -0.1) is 0 Å². The fourth-order valence-electron chi connectivity index (χ4n) is 1.98. The van der Waals surface area contributed by atoms with Crippen LogP contribution in [0.15, 0.2) is 42.7 Å². The van der Waals surface area contributed by atoms with Crippen LogP contribution in [0.5, 0.6) is 0 Å². The Morgan fingerprint density at radius 2 is 1.70 bits per heavy atom. The van der Waals surface area contributed by atoms with E-state index in [0.717, 1.165) is 23.1 Å². The molecule has 2 aromatic rings. The van der Waals surface area contributed by atoms with E-state index in [9.17, 15) is 8.78 Å². The molecule has 0 fully saturated rings. The second kappa shape index (κ2) is 5.41. The Bertz CT molecular complexity index is 645. The lowest BCUT2D eigenvalue weighted by molar-refractivity contribution is 0.584. The van der Waals surface area contributed by atoms with E-state index in [2.05, 4.69) is 11.6 Å². The standard InChI is InChI=1S/C16H16F2N2/c1-10(2)20(4)16-11(3)5-13(9-19-16)12-6-14(17)8-15(18)7-12/h5-9H,1H2,2-4H3. The molecule has 0 aliphatic carbocycles. The number of hydrogen-bond donors (Lipinski definition) is 0. The number of nitrogens with zero attached hydrogens (tertiary/aromatic N) is 2. The molecule has 1 heterocycles. The number of pyridine rings is 1. The molecule has 0 N–H and O–H groups in total. The normalized spacial score (nSPS) is 10.4. The van der Waals surface area contributed by atoms with Crippen LogP contribution in [0, 0.1) is 18.6 Å². The van der Waals surface area contributed by atoms with E-state index in [1.54, 1.807) is 6.20 Å². The van der Waals surface area contributed by atoms with Gasteiger partial charge in [-0.1, -0.05) is 6.58 Å². The number of benzene rings is 1. The summed E-state index contributed by atoms with van der Waals surface area (Å²) in [6, 6.07) is 5.30. The van der Waals surface area contributed by atoms with E-state index in [0.29, 0.717) is 11.1 Å². The molecule has 0 saturated heterocycles. The quantitative estimate of drug-likeness (QED) is 0.829. The van der Waals surface area contributed by atoms with Crippen LogP contribution < -0.4 is 4.90 Å². The van der Waals surface area contributed by atoms with Crippen molar-refractivity contribution >= 4 is 5.82 Å². The molecule has 1 aromatic carbocycles. The van der Waals surface area contributed by atoms with Gasteiger partial charge in [-0.2, -0.15) is 0 Å². The summed E-state index contributed by atoms with van der Waals surface area (Å²) >= 11 is 0. The lowest BCUT2D eigenvalue weighted by Crippen LogP contribution is -2.16. The molecule has 2 rings (SSSR count). The highest BCUT2D eigenvalue weighted by atomic mass is 19.1. The number of halogens is 2. The topological polar surface area (TPSA) is 16.1 Å². The number of anilines is 1. The van der Waals surface area contributed by atoms with Crippen molar-refractivity contribution in [2.45, 2.75) is 13.8 Å². The fourth-order valence-corrected chi connectivity index (χ4v) is 1.98. The second-order valence-corrected chi connectivity index (χ2v) is 4.82. The third-order valence-electron chi connectivity index (χ3n) is 3.14. The zero-order valence-electron chi connectivity index (χ0n) is 11.7. The molecular weight excluding hydrogens is 258 g/mol. The van der Waals surface area contributed by atoms with Crippen LogP contribution in [-0.2, 0) is 0 Å². The summed E-state index contributed by atoms with van der Waals surface area (Å²) in [5.74, 6) is -0.417. The Morgan fingerprint density at radius 3 is 2.20 bits per heavy atom. The average Bonchev–Trinajstić information content (AvgIpc) is 2.36. The fraction of sp³-hybridized carbons (Fsp3) is 0.188. The summed E-state index contributed by atoms with van der Waals surface area (Å²) in [7, 11) is 1.87.